The molecule has 1 heterocycles. The molecule has 122 valence electrons. The molecule has 1 aromatic carbocycles. The summed E-state index contributed by atoms with van der Waals surface area (Å²) in [6, 6.07) is 11.3. The van der Waals surface area contributed by atoms with E-state index in [9.17, 15) is 4.79 Å². The summed E-state index contributed by atoms with van der Waals surface area (Å²) in [5.41, 5.74) is 1.80. The molecular weight excluding hydrogens is 290 g/mol. The third-order valence-electron chi connectivity index (χ3n) is 3.42. The Labute approximate surface area is 137 Å². The second-order valence-corrected chi connectivity index (χ2v) is 5.32. The Bertz CT molecular complexity index is 617. The number of methoxy groups -OCH3 is 1. The number of para-hydroxylation sites is 2. The maximum absolute atomic E-state index is 12.3. The first-order valence-corrected chi connectivity index (χ1v) is 7.77. The number of anilines is 1. The van der Waals surface area contributed by atoms with Crippen molar-refractivity contribution in [1.82, 2.24) is 9.88 Å². The third-order valence-corrected chi connectivity index (χ3v) is 3.42. The summed E-state index contributed by atoms with van der Waals surface area (Å²) in [5.74, 6) is 0.613. The van der Waals surface area contributed by atoms with Gasteiger partial charge in [0.25, 0.3) is 0 Å². The van der Waals surface area contributed by atoms with Crippen molar-refractivity contribution in [2.24, 2.45) is 0 Å². The molecule has 0 saturated carbocycles. The van der Waals surface area contributed by atoms with Gasteiger partial charge in [0, 0.05) is 18.9 Å². The molecule has 2 aromatic rings. The molecule has 0 aliphatic rings. The fourth-order valence-electron chi connectivity index (χ4n) is 2.42. The number of aromatic nitrogens is 1. The quantitative estimate of drug-likeness (QED) is 0.814. The topological polar surface area (TPSA) is 54.5 Å². The van der Waals surface area contributed by atoms with E-state index in [1.54, 1.807) is 13.3 Å². The van der Waals surface area contributed by atoms with Gasteiger partial charge in [0.15, 0.2) is 0 Å². The van der Waals surface area contributed by atoms with E-state index in [4.69, 9.17) is 4.74 Å². The number of ether oxygens (including phenoxy) is 1. The van der Waals surface area contributed by atoms with Crippen molar-refractivity contribution in [2.75, 3.05) is 25.5 Å². The molecule has 0 saturated heterocycles. The number of hydrogen-bond acceptors (Lipinski definition) is 4. The Balaban J connectivity index is 1.97. The number of pyridine rings is 1. The van der Waals surface area contributed by atoms with Crippen molar-refractivity contribution in [3.8, 4) is 5.75 Å². The lowest BCUT2D eigenvalue weighted by Gasteiger charge is -2.21. The van der Waals surface area contributed by atoms with Crippen molar-refractivity contribution in [2.45, 2.75) is 19.9 Å². The van der Waals surface area contributed by atoms with Crippen LogP contribution >= 0.6 is 0 Å². The number of carbonyl (C=O) groups is 1. The molecular formula is C18H23N3O2. The van der Waals surface area contributed by atoms with Crippen LogP contribution in [0.4, 0.5) is 5.69 Å². The normalized spacial score (nSPS) is 10.6. The first kappa shape index (κ1) is 17.0. The number of rotatable bonds is 8. The maximum atomic E-state index is 12.3. The van der Waals surface area contributed by atoms with Gasteiger partial charge in [-0.05, 0) is 36.7 Å². The minimum absolute atomic E-state index is 0.0492. The smallest absolute Gasteiger partial charge is 0.238 e. The minimum Gasteiger partial charge on any atom is -0.495 e. The van der Waals surface area contributed by atoms with E-state index < -0.39 is 0 Å². The number of hydrogen-bond donors (Lipinski definition) is 1. The fraction of sp³-hybridized carbons (Fsp3) is 0.333. The van der Waals surface area contributed by atoms with Gasteiger partial charge in [-0.2, -0.15) is 0 Å². The van der Waals surface area contributed by atoms with E-state index in [-0.39, 0.29) is 5.91 Å². The Kier molecular flexibility index (Phi) is 6.56. The van der Waals surface area contributed by atoms with Gasteiger partial charge in [-0.15, -0.1) is 0 Å². The lowest BCUT2D eigenvalue weighted by molar-refractivity contribution is -0.117. The zero-order chi connectivity index (χ0) is 16.5. The summed E-state index contributed by atoms with van der Waals surface area (Å²) in [7, 11) is 1.59. The molecule has 5 heteroatoms. The predicted molar refractivity (Wildman–Crippen MR) is 91.4 cm³/mol. The average molecular weight is 313 g/mol. The van der Waals surface area contributed by atoms with Crippen molar-refractivity contribution in [3.05, 3.63) is 54.4 Å². The Hall–Kier alpha value is -2.40. The zero-order valence-electron chi connectivity index (χ0n) is 13.7. The van der Waals surface area contributed by atoms with E-state index in [1.807, 2.05) is 42.6 Å². The van der Waals surface area contributed by atoms with E-state index >= 15 is 0 Å². The molecule has 0 spiro atoms. The van der Waals surface area contributed by atoms with Gasteiger partial charge >= 0.3 is 0 Å². The summed E-state index contributed by atoms with van der Waals surface area (Å²) < 4.78 is 5.26. The zero-order valence-corrected chi connectivity index (χ0v) is 13.7. The first-order chi connectivity index (χ1) is 11.2. The lowest BCUT2D eigenvalue weighted by Crippen LogP contribution is -2.33. The molecule has 1 amide bonds. The second kappa shape index (κ2) is 8.90. The molecule has 0 bridgehead atoms. The van der Waals surface area contributed by atoms with Crippen molar-refractivity contribution in [1.29, 1.82) is 0 Å². The largest absolute Gasteiger partial charge is 0.495 e. The molecule has 0 fully saturated rings. The van der Waals surface area contributed by atoms with Gasteiger partial charge in [0.2, 0.25) is 5.91 Å². The fourth-order valence-corrected chi connectivity index (χ4v) is 2.42. The van der Waals surface area contributed by atoms with Gasteiger partial charge in [0.05, 0.1) is 19.3 Å². The summed E-state index contributed by atoms with van der Waals surface area (Å²) in [6.45, 7) is 4.00. The number of nitrogens with zero attached hydrogens (tertiary/aromatic N) is 2. The number of nitrogens with one attached hydrogen (secondary N) is 1. The van der Waals surface area contributed by atoms with Crippen molar-refractivity contribution >= 4 is 11.6 Å². The van der Waals surface area contributed by atoms with Crippen LogP contribution < -0.4 is 10.1 Å². The van der Waals surface area contributed by atoms with E-state index in [0.717, 1.165) is 18.5 Å². The van der Waals surface area contributed by atoms with Crippen LogP contribution in [0.1, 0.15) is 18.9 Å². The molecule has 0 aliphatic carbocycles. The molecule has 0 aliphatic heterocycles. The Morgan fingerprint density at radius 3 is 2.78 bits per heavy atom. The number of carbonyl (C=O) groups excluding carboxylic acids is 1. The molecule has 5 nitrogen and oxygen atoms in total. The predicted octanol–water partition coefficient (Wildman–Crippen LogP) is 2.94. The molecule has 1 aromatic heterocycles. The third kappa shape index (κ3) is 5.38. The van der Waals surface area contributed by atoms with Crippen LogP contribution in [0.3, 0.4) is 0 Å². The molecule has 0 radical (unpaired) electrons. The van der Waals surface area contributed by atoms with Crippen molar-refractivity contribution < 1.29 is 9.53 Å². The van der Waals surface area contributed by atoms with Crippen LogP contribution in [0.2, 0.25) is 0 Å². The number of benzene rings is 1. The Morgan fingerprint density at radius 2 is 2.09 bits per heavy atom. The van der Waals surface area contributed by atoms with E-state index in [2.05, 4.69) is 22.1 Å². The highest BCUT2D eigenvalue weighted by molar-refractivity contribution is 5.93. The molecule has 1 N–H and O–H groups in total. The standard InChI is InChI=1S/C18H23N3O2/c1-3-11-21(13-15-7-6-10-19-12-15)14-18(22)20-16-8-4-5-9-17(16)23-2/h4-10,12H,3,11,13-14H2,1-2H3,(H,20,22). The van der Waals surface area contributed by atoms with Crippen LogP contribution in [0.5, 0.6) is 5.75 Å². The minimum atomic E-state index is -0.0492. The first-order valence-electron chi connectivity index (χ1n) is 7.77. The van der Waals surface area contributed by atoms with E-state index in [0.29, 0.717) is 24.5 Å². The molecule has 0 atom stereocenters. The average Bonchev–Trinajstić information content (AvgIpc) is 2.56. The van der Waals surface area contributed by atoms with Crippen LogP contribution in [-0.4, -0.2) is 36.0 Å². The number of amides is 1. The maximum Gasteiger partial charge on any atom is 0.238 e. The molecule has 0 unspecified atom stereocenters. The highest BCUT2D eigenvalue weighted by atomic mass is 16.5. The second-order valence-electron chi connectivity index (χ2n) is 5.32. The van der Waals surface area contributed by atoms with Crippen LogP contribution in [0.15, 0.2) is 48.8 Å². The molecule has 2 rings (SSSR count). The van der Waals surface area contributed by atoms with Gasteiger partial charge in [-0.1, -0.05) is 25.1 Å². The van der Waals surface area contributed by atoms with Crippen molar-refractivity contribution in [3.63, 3.8) is 0 Å². The summed E-state index contributed by atoms with van der Waals surface area (Å²) in [5, 5.41) is 2.91. The van der Waals surface area contributed by atoms with Crippen LogP contribution in [0.25, 0.3) is 0 Å². The Morgan fingerprint density at radius 1 is 1.26 bits per heavy atom. The highest BCUT2D eigenvalue weighted by Crippen LogP contribution is 2.22. The summed E-state index contributed by atoms with van der Waals surface area (Å²) in [4.78, 5) is 18.6. The highest BCUT2D eigenvalue weighted by Gasteiger charge is 2.12. The van der Waals surface area contributed by atoms with Gasteiger partial charge < -0.3 is 10.1 Å². The van der Waals surface area contributed by atoms with Crippen LogP contribution in [-0.2, 0) is 11.3 Å². The monoisotopic (exact) mass is 313 g/mol. The van der Waals surface area contributed by atoms with Crippen LogP contribution in [0, 0.1) is 0 Å². The SMILES string of the molecule is CCCN(CC(=O)Nc1ccccc1OC)Cc1cccnc1. The molecule has 23 heavy (non-hydrogen) atoms. The van der Waals surface area contributed by atoms with E-state index in [1.165, 1.54) is 0 Å². The summed E-state index contributed by atoms with van der Waals surface area (Å²) >= 11 is 0. The van der Waals surface area contributed by atoms with Gasteiger partial charge in [-0.25, -0.2) is 0 Å². The lowest BCUT2D eigenvalue weighted by atomic mass is 10.2. The summed E-state index contributed by atoms with van der Waals surface area (Å²) in [6.07, 6.45) is 4.57. The van der Waals surface area contributed by atoms with Gasteiger partial charge in [-0.3, -0.25) is 14.7 Å². The van der Waals surface area contributed by atoms with Gasteiger partial charge in [0.1, 0.15) is 5.75 Å².